The molecule has 6 heteroatoms. The van der Waals surface area contributed by atoms with Crippen LogP contribution in [-0.4, -0.2) is 67.0 Å². The van der Waals surface area contributed by atoms with Gasteiger partial charge in [0.25, 0.3) is 5.91 Å². The molecule has 2 aromatic rings. The Labute approximate surface area is 148 Å². The second-order valence-electron chi connectivity index (χ2n) is 6.95. The number of nitrogens with zero attached hydrogens (tertiary/aromatic N) is 4. The smallest absolute Gasteiger partial charge is 0.254 e. The highest BCUT2D eigenvalue weighted by Gasteiger charge is 2.29. The Kier molecular flexibility index (Phi) is 4.44. The van der Waals surface area contributed by atoms with Crippen LogP contribution < -0.4 is 4.90 Å². The monoisotopic (exact) mass is 340 g/mol. The van der Waals surface area contributed by atoms with Gasteiger partial charge in [-0.1, -0.05) is 0 Å². The van der Waals surface area contributed by atoms with Crippen LogP contribution in [0.4, 0.5) is 5.82 Å². The Morgan fingerprint density at radius 2 is 2.04 bits per heavy atom. The number of hydrogen-bond donors (Lipinski definition) is 0. The molecule has 6 nitrogen and oxygen atoms in total. The van der Waals surface area contributed by atoms with Crippen LogP contribution in [0.5, 0.6) is 0 Å². The lowest BCUT2D eigenvalue weighted by Gasteiger charge is -2.33. The van der Waals surface area contributed by atoms with E-state index in [1.165, 1.54) is 0 Å². The fourth-order valence-electron chi connectivity index (χ4n) is 3.64. The number of amides is 1. The number of hydrogen-bond acceptors (Lipinski definition) is 5. The maximum atomic E-state index is 12.9. The van der Waals surface area contributed by atoms with Crippen molar-refractivity contribution in [3.8, 4) is 0 Å². The average Bonchev–Trinajstić information content (AvgIpc) is 3.33. The maximum Gasteiger partial charge on any atom is 0.254 e. The molecule has 2 fully saturated rings. The number of carbonyl (C=O) groups excluding carboxylic acids is 1. The van der Waals surface area contributed by atoms with Gasteiger partial charge in [-0.3, -0.25) is 4.79 Å². The van der Waals surface area contributed by atoms with Crippen LogP contribution in [0.15, 0.2) is 41.1 Å². The van der Waals surface area contributed by atoms with Gasteiger partial charge in [0.15, 0.2) is 0 Å². The summed E-state index contributed by atoms with van der Waals surface area (Å²) in [6.45, 7) is 5.44. The van der Waals surface area contributed by atoms with Crippen LogP contribution in [0, 0.1) is 0 Å². The standard InChI is InChI=1S/C19H24N4O2/c1-21-8-10-22(11-9-21)18-13-15(4-6-20-18)19(24)23-7-5-16(14-23)17-3-2-12-25-17/h2-4,6,12-13,16H,5,7-11,14H2,1H3/t16-/m1/s1. The van der Waals surface area contributed by atoms with E-state index in [-0.39, 0.29) is 5.91 Å². The summed E-state index contributed by atoms with van der Waals surface area (Å²) in [6, 6.07) is 7.66. The van der Waals surface area contributed by atoms with Gasteiger partial charge in [0.05, 0.1) is 6.26 Å². The highest BCUT2D eigenvalue weighted by Crippen LogP contribution is 2.28. The van der Waals surface area contributed by atoms with Gasteiger partial charge in [-0.05, 0) is 37.7 Å². The summed E-state index contributed by atoms with van der Waals surface area (Å²) in [5, 5.41) is 0. The second kappa shape index (κ2) is 6.88. The van der Waals surface area contributed by atoms with Gasteiger partial charge in [-0.15, -0.1) is 0 Å². The lowest BCUT2D eigenvalue weighted by Crippen LogP contribution is -2.44. The quantitative estimate of drug-likeness (QED) is 0.856. The van der Waals surface area contributed by atoms with Gasteiger partial charge < -0.3 is 19.1 Å². The molecule has 0 bridgehead atoms. The zero-order valence-electron chi connectivity index (χ0n) is 14.6. The Morgan fingerprint density at radius 3 is 2.80 bits per heavy atom. The third-order valence-corrected chi connectivity index (χ3v) is 5.24. The van der Waals surface area contributed by atoms with E-state index in [1.54, 1.807) is 12.5 Å². The number of carbonyl (C=O) groups is 1. The van der Waals surface area contributed by atoms with Gasteiger partial charge in [0.2, 0.25) is 0 Å². The molecule has 2 saturated heterocycles. The average molecular weight is 340 g/mol. The Morgan fingerprint density at radius 1 is 1.20 bits per heavy atom. The summed E-state index contributed by atoms with van der Waals surface area (Å²) in [5.74, 6) is 2.27. The molecule has 0 unspecified atom stereocenters. The van der Waals surface area contributed by atoms with E-state index in [2.05, 4.69) is 21.8 Å². The van der Waals surface area contributed by atoms with Crippen molar-refractivity contribution in [3.63, 3.8) is 0 Å². The molecule has 0 aliphatic carbocycles. The van der Waals surface area contributed by atoms with E-state index >= 15 is 0 Å². The first-order valence-corrected chi connectivity index (χ1v) is 8.93. The molecule has 25 heavy (non-hydrogen) atoms. The molecular formula is C19H24N4O2. The number of rotatable bonds is 3. The van der Waals surface area contributed by atoms with Gasteiger partial charge in [0, 0.05) is 56.9 Å². The molecule has 0 spiro atoms. The maximum absolute atomic E-state index is 12.9. The number of furan rings is 1. The molecule has 0 saturated carbocycles. The first kappa shape index (κ1) is 16.1. The van der Waals surface area contributed by atoms with Crippen LogP contribution in [0.3, 0.4) is 0 Å². The number of pyridine rings is 1. The number of anilines is 1. The molecule has 2 aromatic heterocycles. The highest BCUT2D eigenvalue weighted by molar-refractivity contribution is 5.95. The van der Waals surface area contributed by atoms with Crippen LogP contribution in [0.1, 0.15) is 28.5 Å². The number of aromatic nitrogens is 1. The van der Waals surface area contributed by atoms with Crippen molar-refractivity contribution >= 4 is 11.7 Å². The number of likely N-dealkylation sites (N-methyl/N-ethyl adjacent to an activating group) is 1. The van der Waals surface area contributed by atoms with Gasteiger partial charge in [0.1, 0.15) is 11.6 Å². The predicted octanol–water partition coefficient (Wildman–Crippen LogP) is 2.06. The summed E-state index contributed by atoms with van der Waals surface area (Å²) < 4.78 is 5.50. The SMILES string of the molecule is CN1CCN(c2cc(C(=O)N3CC[C@@H](c4ccco4)C3)ccn2)CC1. The van der Waals surface area contributed by atoms with Crippen molar-refractivity contribution < 1.29 is 9.21 Å². The number of piperazine rings is 1. The second-order valence-corrected chi connectivity index (χ2v) is 6.95. The van der Waals surface area contributed by atoms with Crippen molar-refractivity contribution in [2.45, 2.75) is 12.3 Å². The van der Waals surface area contributed by atoms with Gasteiger partial charge >= 0.3 is 0 Å². The summed E-state index contributed by atoms with van der Waals surface area (Å²) >= 11 is 0. The molecule has 4 rings (SSSR count). The zero-order valence-corrected chi connectivity index (χ0v) is 14.6. The van der Waals surface area contributed by atoms with Crippen molar-refractivity contribution in [1.82, 2.24) is 14.8 Å². The summed E-state index contributed by atoms with van der Waals surface area (Å²) in [6.07, 6.45) is 4.40. The first-order valence-electron chi connectivity index (χ1n) is 8.93. The van der Waals surface area contributed by atoms with E-state index in [4.69, 9.17) is 4.42 Å². The van der Waals surface area contributed by atoms with Crippen LogP contribution in [0.2, 0.25) is 0 Å². The van der Waals surface area contributed by atoms with Crippen LogP contribution >= 0.6 is 0 Å². The van der Waals surface area contributed by atoms with Gasteiger partial charge in [-0.25, -0.2) is 4.98 Å². The third-order valence-electron chi connectivity index (χ3n) is 5.24. The van der Waals surface area contributed by atoms with Gasteiger partial charge in [-0.2, -0.15) is 0 Å². The number of likely N-dealkylation sites (tertiary alicyclic amines) is 1. The van der Waals surface area contributed by atoms with E-state index in [9.17, 15) is 4.79 Å². The van der Waals surface area contributed by atoms with E-state index in [0.29, 0.717) is 5.92 Å². The Hall–Kier alpha value is -2.34. The topological polar surface area (TPSA) is 52.8 Å². The molecule has 1 atom stereocenters. The van der Waals surface area contributed by atoms with Crippen molar-refractivity contribution in [1.29, 1.82) is 0 Å². The van der Waals surface area contributed by atoms with Crippen molar-refractivity contribution in [2.24, 2.45) is 0 Å². The molecular weight excluding hydrogens is 316 g/mol. The molecule has 2 aliphatic rings. The largest absolute Gasteiger partial charge is 0.469 e. The minimum atomic E-state index is 0.0897. The highest BCUT2D eigenvalue weighted by atomic mass is 16.3. The molecule has 0 aromatic carbocycles. The normalized spacial score (nSPS) is 21.7. The van der Waals surface area contributed by atoms with Crippen LogP contribution in [-0.2, 0) is 0 Å². The zero-order chi connectivity index (χ0) is 17.2. The lowest BCUT2D eigenvalue weighted by molar-refractivity contribution is 0.0790. The first-order chi connectivity index (χ1) is 12.2. The van der Waals surface area contributed by atoms with Crippen molar-refractivity contribution in [2.75, 3.05) is 51.2 Å². The minimum Gasteiger partial charge on any atom is -0.469 e. The summed E-state index contributed by atoms with van der Waals surface area (Å²) in [5.41, 5.74) is 0.726. The molecule has 0 N–H and O–H groups in total. The molecule has 0 radical (unpaired) electrons. The minimum absolute atomic E-state index is 0.0897. The molecule has 132 valence electrons. The summed E-state index contributed by atoms with van der Waals surface area (Å²) in [4.78, 5) is 23.9. The molecule has 1 amide bonds. The third kappa shape index (κ3) is 3.39. The van der Waals surface area contributed by atoms with E-state index in [0.717, 1.165) is 62.8 Å². The fraction of sp³-hybridized carbons (Fsp3) is 0.474. The summed E-state index contributed by atoms with van der Waals surface area (Å²) in [7, 11) is 2.13. The fourth-order valence-corrected chi connectivity index (χ4v) is 3.64. The lowest BCUT2D eigenvalue weighted by atomic mass is 10.1. The van der Waals surface area contributed by atoms with E-state index < -0.39 is 0 Å². The van der Waals surface area contributed by atoms with Crippen LogP contribution in [0.25, 0.3) is 0 Å². The van der Waals surface area contributed by atoms with E-state index in [1.807, 2.05) is 29.2 Å². The molecule has 2 aliphatic heterocycles. The van der Waals surface area contributed by atoms with Crippen molar-refractivity contribution in [3.05, 3.63) is 48.0 Å². The predicted molar refractivity (Wildman–Crippen MR) is 95.9 cm³/mol. The Balaban J connectivity index is 1.45. The Bertz CT molecular complexity index is 723. The molecule has 4 heterocycles.